The zero-order valence-corrected chi connectivity index (χ0v) is 18.9. The minimum atomic E-state index is -2.74. The Morgan fingerprint density at radius 3 is 2.58 bits per heavy atom. The molecule has 3 aromatic heterocycles. The van der Waals surface area contributed by atoms with Crippen LogP contribution in [0.15, 0.2) is 42.5 Å². The Balaban J connectivity index is 1.72. The Hall–Kier alpha value is -3.66. The maximum atomic E-state index is 13.9. The molecule has 33 heavy (non-hydrogen) atoms. The van der Waals surface area contributed by atoms with Crippen molar-refractivity contribution in [3.63, 3.8) is 0 Å². The largest absolute Gasteiger partial charge is 0.465 e. The molecule has 7 nitrogen and oxygen atoms in total. The summed E-state index contributed by atoms with van der Waals surface area (Å²) in [6.07, 6.45) is -2.74. The second-order valence-corrected chi connectivity index (χ2v) is 8.60. The van der Waals surface area contributed by atoms with Crippen molar-refractivity contribution in [3.8, 4) is 11.3 Å². The van der Waals surface area contributed by atoms with Crippen molar-refractivity contribution >= 4 is 39.2 Å². The summed E-state index contributed by atoms with van der Waals surface area (Å²) in [6, 6.07) is 11.9. The summed E-state index contributed by atoms with van der Waals surface area (Å²) in [7, 11) is 1.26. The Kier molecular flexibility index (Phi) is 6.19. The molecule has 0 bridgehead atoms. The number of anilines is 1. The number of thiophene rings is 1. The fourth-order valence-corrected chi connectivity index (χ4v) is 4.51. The number of aryl methyl sites for hydroxylation is 2. The van der Waals surface area contributed by atoms with Gasteiger partial charge in [0, 0.05) is 16.0 Å². The summed E-state index contributed by atoms with van der Waals surface area (Å²) in [4.78, 5) is 30.1. The van der Waals surface area contributed by atoms with E-state index in [1.165, 1.54) is 29.2 Å². The van der Waals surface area contributed by atoms with E-state index in [9.17, 15) is 18.4 Å². The van der Waals surface area contributed by atoms with Crippen molar-refractivity contribution < 1.29 is 23.1 Å². The molecule has 0 aliphatic heterocycles. The van der Waals surface area contributed by atoms with Gasteiger partial charge in [-0.3, -0.25) is 4.79 Å². The van der Waals surface area contributed by atoms with Crippen molar-refractivity contribution in [1.29, 1.82) is 0 Å². The van der Waals surface area contributed by atoms with Crippen molar-refractivity contribution in [2.24, 2.45) is 0 Å². The molecule has 0 aliphatic rings. The van der Waals surface area contributed by atoms with Gasteiger partial charge in [0.15, 0.2) is 5.65 Å². The lowest BCUT2D eigenvalue weighted by atomic mass is 10.1. The van der Waals surface area contributed by atoms with Crippen LogP contribution in [0.4, 0.5) is 13.8 Å². The molecule has 0 fully saturated rings. The van der Waals surface area contributed by atoms with E-state index in [1.54, 1.807) is 44.2 Å². The SMILES string of the molecule is COC(=O)c1cc(C)sc1NC(=O)Cn1nc(C)c2c(C(F)F)cc(-c3ccccc3)nc21. The first-order valence-corrected chi connectivity index (χ1v) is 10.8. The topological polar surface area (TPSA) is 86.1 Å². The number of halogens is 2. The van der Waals surface area contributed by atoms with E-state index < -0.39 is 18.3 Å². The van der Waals surface area contributed by atoms with Crippen molar-refractivity contribution in [3.05, 3.63) is 64.2 Å². The first-order valence-electron chi connectivity index (χ1n) is 9.98. The number of amides is 1. The van der Waals surface area contributed by atoms with Gasteiger partial charge in [-0.1, -0.05) is 30.3 Å². The number of esters is 1. The second-order valence-electron chi connectivity index (χ2n) is 7.34. The molecule has 0 radical (unpaired) electrons. The Labute approximate surface area is 192 Å². The molecular weight excluding hydrogens is 450 g/mol. The van der Waals surface area contributed by atoms with Gasteiger partial charge in [0.2, 0.25) is 5.91 Å². The number of aromatic nitrogens is 3. The highest BCUT2D eigenvalue weighted by Crippen LogP contribution is 2.33. The lowest BCUT2D eigenvalue weighted by molar-refractivity contribution is -0.116. The molecule has 4 aromatic rings. The molecule has 0 spiro atoms. The molecule has 0 saturated carbocycles. The summed E-state index contributed by atoms with van der Waals surface area (Å²) < 4.78 is 33.9. The molecule has 0 saturated heterocycles. The normalized spacial score (nSPS) is 11.2. The molecule has 0 unspecified atom stereocenters. The number of nitrogens with one attached hydrogen (secondary N) is 1. The Morgan fingerprint density at radius 1 is 1.18 bits per heavy atom. The molecular formula is C23H20F2N4O3S. The zero-order chi connectivity index (χ0) is 23.7. The molecule has 0 atom stereocenters. The van der Waals surface area contributed by atoms with E-state index in [-0.39, 0.29) is 28.7 Å². The van der Waals surface area contributed by atoms with Crippen LogP contribution < -0.4 is 5.32 Å². The molecule has 3 heterocycles. The van der Waals surface area contributed by atoms with Crippen LogP contribution in [0, 0.1) is 13.8 Å². The van der Waals surface area contributed by atoms with Crippen LogP contribution in [0.3, 0.4) is 0 Å². The standard InChI is InChI=1S/C23H20F2N4O3S/c1-12-9-16(23(31)32-3)22(33-12)27-18(30)11-29-21-19(13(2)28-29)15(20(24)25)10-17(26-21)14-7-5-4-6-8-14/h4-10,20H,11H2,1-3H3,(H,27,30). The van der Waals surface area contributed by atoms with Crippen LogP contribution in [0.1, 0.15) is 32.9 Å². The number of carbonyl (C=O) groups excluding carboxylic acids is 2. The number of hydrogen-bond donors (Lipinski definition) is 1. The maximum absolute atomic E-state index is 13.9. The number of alkyl halides is 2. The van der Waals surface area contributed by atoms with E-state index in [0.29, 0.717) is 22.0 Å². The third-order valence-electron chi connectivity index (χ3n) is 5.02. The Bertz CT molecular complexity index is 1350. The van der Waals surface area contributed by atoms with Crippen molar-refractivity contribution in [2.75, 3.05) is 12.4 Å². The number of nitrogens with zero attached hydrogens (tertiary/aromatic N) is 3. The fourth-order valence-electron chi connectivity index (χ4n) is 3.60. The zero-order valence-electron chi connectivity index (χ0n) is 18.1. The quantitative estimate of drug-likeness (QED) is 0.395. The lowest BCUT2D eigenvalue weighted by Gasteiger charge is -2.09. The molecule has 1 N–H and O–H groups in total. The molecule has 170 valence electrons. The molecule has 4 rings (SSSR count). The first kappa shape index (κ1) is 22.5. The monoisotopic (exact) mass is 470 g/mol. The van der Waals surface area contributed by atoms with Crippen molar-refractivity contribution in [2.45, 2.75) is 26.8 Å². The van der Waals surface area contributed by atoms with Crippen molar-refractivity contribution in [1.82, 2.24) is 14.8 Å². The lowest BCUT2D eigenvalue weighted by Crippen LogP contribution is -2.20. The Morgan fingerprint density at radius 2 is 1.91 bits per heavy atom. The van der Waals surface area contributed by atoms with Gasteiger partial charge in [0.25, 0.3) is 6.43 Å². The van der Waals surface area contributed by atoms with Crippen LogP contribution in [0.2, 0.25) is 0 Å². The second kappa shape index (κ2) is 9.07. The van der Waals surface area contributed by atoms with Gasteiger partial charge in [0.1, 0.15) is 11.5 Å². The van der Waals surface area contributed by atoms with Crippen LogP contribution in [-0.4, -0.2) is 33.8 Å². The fraction of sp³-hybridized carbons (Fsp3) is 0.217. The maximum Gasteiger partial charge on any atom is 0.340 e. The number of ether oxygens (including phenoxy) is 1. The van der Waals surface area contributed by atoms with Crippen LogP contribution in [-0.2, 0) is 16.1 Å². The number of fused-ring (bicyclic) bond motifs is 1. The molecule has 0 aliphatic carbocycles. The van der Waals surface area contributed by atoms with Gasteiger partial charge < -0.3 is 10.1 Å². The third kappa shape index (κ3) is 4.47. The van der Waals surface area contributed by atoms with Crippen LogP contribution >= 0.6 is 11.3 Å². The van der Waals surface area contributed by atoms with Gasteiger partial charge in [-0.25, -0.2) is 23.2 Å². The highest BCUT2D eigenvalue weighted by atomic mass is 32.1. The third-order valence-corrected chi connectivity index (χ3v) is 5.99. The van der Waals surface area contributed by atoms with E-state index in [0.717, 1.165) is 4.88 Å². The summed E-state index contributed by atoms with van der Waals surface area (Å²) in [6.45, 7) is 3.14. The van der Waals surface area contributed by atoms with Gasteiger partial charge in [0.05, 0.1) is 29.4 Å². The first-order chi connectivity index (χ1) is 15.8. The van der Waals surface area contributed by atoms with Gasteiger partial charge in [-0.15, -0.1) is 11.3 Å². The van der Waals surface area contributed by atoms with Crippen LogP contribution in [0.5, 0.6) is 0 Å². The van der Waals surface area contributed by atoms with Gasteiger partial charge >= 0.3 is 5.97 Å². The number of methoxy groups -OCH3 is 1. The molecule has 1 amide bonds. The predicted octanol–water partition coefficient (Wildman–Crippen LogP) is 5.14. The van der Waals surface area contributed by atoms with E-state index in [1.807, 2.05) is 6.07 Å². The average molecular weight is 471 g/mol. The van der Waals surface area contributed by atoms with E-state index >= 15 is 0 Å². The number of hydrogen-bond acceptors (Lipinski definition) is 6. The van der Waals surface area contributed by atoms with E-state index in [2.05, 4.69) is 15.4 Å². The molecule has 10 heteroatoms. The highest BCUT2D eigenvalue weighted by molar-refractivity contribution is 7.16. The number of carbonyl (C=O) groups is 2. The number of rotatable bonds is 6. The summed E-state index contributed by atoms with van der Waals surface area (Å²) in [5.74, 6) is -1.04. The minimum absolute atomic E-state index is 0.190. The highest BCUT2D eigenvalue weighted by Gasteiger charge is 2.23. The summed E-state index contributed by atoms with van der Waals surface area (Å²) in [5, 5.41) is 7.57. The number of benzene rings is 1. The minimum Gasteiger partial charge on any atom is -0.465 e. The van der Waals surface area contributed by atoms with Crippen LogP contribution in [0.25, 0.3) is 22.3 Å². The average Bonchev–Trinajstić information content (AvgIpc) is 3.32. The summed E-state index contributed by atoms with van der Waals surface area (Å²) >= 11 is 1.23. The van der Waals surface area contributed by atoms with Gasteiger partial charge in [-0.2, -0.15) is 5.10 Å². The molecule has 1 aromatic carbocycles. The summed E-state index contributed by atoms with van der Waals surface area (Å²) in [5.41, 5.74) is 1.64. The number of pyridine rings is 1. The van der Waals surface area contributed by atoms with E-state index in [4.69, 9.17) is 4.74 Å². The van der Waals surface area contributed by atoms with Gasteiger partial charge in [-0.05, 0) is 26.0 Å². The smallest absolute Gasteiger partial charge is 0.340 e. The predicted molar refractivity (Wildman–Crippen MR) is 122 cm³/mol.